The highest BCUT2D eigenvalue weighted by Crippen LogP contribution is 2.30. The van der Waals surface area contributed by atoms with Gasteiger partial charge in [-0.05, 0) is 31.6 Å². The number of likely N-dealkylation sites (tertiary alicyclic amines) is 1. The van der Waals surface area contributed by atoms with Crippen molar-refractivity contribution >= 4 is 34.2 Å². The SMILES string of the molecule is [O-][S+](Nc1cscn1)c1c(F)cc(NCc2c(F)ccc(F)c2CN2CCC2)c(F)c1F. The lowest BCUT2D eigenvalue weighted by atomic mass is 10.0. The van der Waals surface area contributed by atoms with E-state index in [4.69, 9.17) is 0 Å². The van der Waals surface area contributed by atoms with E-state index >= 15 is 0 Å². The Hall–Kier alpha value is -2.41. The van der Waals surface area contributed by atoms with Gasteiger partial charge in [0.1, 0.15) is 23.0 Å². The molecule has 0 aliphatic carbocycles. The Morgan fingerprint density at radius 1 is 1.03 bits per heavy atom. The predicted molar refractivity (Wildman–Crippen MR) is 112 cm³/mol. The molecule has 0 radical (unpaired) electrons. The zero-order valence-electron chi connectivity index (χ0n) is 16.4. The number of anilines is 2. The summed E-state index contributed by atoms with van der Waals surface area (Å²) in [6, 6.07) is 2.58. The minimum atomic E-state index is -2.44. The lowest BCUT2D eigenvalue weighted by molar-refractivity contribution is 0.169. The number of nitrogens with one attached hydrogen (secondary N) is 2. The highest BCUT2D eigenvalue weighted by Gasteiger charge is 2.30. The van der Waals surface area contributed by atoms with E-state index in [0.29, 0.717) is 6.07 Å². The van der Waals surface area contributed by atoms with Gasteiger partial charge in [0, 0.05) is 35.7 Å². The third kappa shape index (κ3) is 4.68. The van der Waals surface area contributed by atoms with Crippen LogP contribution in [0.5, 0.6) is 0 Å². The van der Waals surface area contributed by atoms with E-state index in [2.05, 4.69) is 15.0 Å². The number of hydrogen-bond donors (Lipinski definition) is 2. The van der Waals surface area contributed by atoms with Crippen molar-refractivity contribution < 1.29 is 26.5 Å². The van der Waals surface area contributed by atoms with Gasteiger partial charge in [0.05, 0.1) is 11.2 Å². The molecule has 4 rings (SSSR count). The topological polar surface area (TPSA) is 63.2 Å². The molecule has 3 aromatic rings. The molecule has 1 aromatic heterocycles. The van der Waals surface area contributed by atoms with E-state index < -0.39 is 57.6 Å². The fraction of sp³-hybridized carbons (Fsp3) is 0.250. The molecule has 1 aliphatic rings. The van der Waals surface area contributed by atoms with Gasteiger partial charge in [-0.1, -0.05) is 0 Å². The standard InChI is InChI=1S/C20H17F5N4OS2/c21-13-2-3-14(22)12(8-29-4-1-5-29)11(13)7-26-16-6-15(23)20(19(25)18(16)24)32(30)28-17-9-31-10-27-17/h2-3,6,9-10,26,28H,1,4-5,7-8H2. The van der Waals surface area contributed by atoms with E-state index in [1.165, 1.54) is 22.2 Å². The molecule has 1 aliphatic heterocycles. The molecule has 0 bridgehead atoms. The van der Waals surface area contributed by atoms with Gasteiger partial charge in [-0.15, -0.1) is 11.3 Å². The third-order valence-corrected chi connectivity index (χ3v) is 6.76. The molecule has 2 heterocycles. The van der Waals surface area contributed by atoms with Gasteiger partial charge in [0.2, 0.25) is 5.82 Å². The van der Waals surface area contributed by atoms with Crippen LogP contribution in [0.25, 0.3) is 0 Å². The zero-order chi connectivity index (χ0) is 22.8. The summed E-state index contributed by atoms with van der Waals surface area (Å²) in [4.78, 5) is 4.71. The summed E-state index contributed by atoms with van der Waals surface area (Å²) in [5.41, 5.74) is 0.855. The quantitative estimate of drug-likeness (QED) is 0.271. The molecular weight excluding hydrogens is 471 g/mol. The Kier molecular flexibility index (Phi) is 6.84. The number of thiazole rings is 1. The zero-order valence-corrected chi connectivity index (χ0v) is 18.1. The number of aromatic nitrogens is 1. The van der Waals surface area contributed by atoms with Crippen LogP contribution < -0.4 is 10.0 Å². The lowest BCUT2D eigenvalue weighted by Gasteiger charge is -2.31. The van der Waals surface area contributed by atoms with E-state index in [-0.39, 0.29) is 23.5 Å². The maximum Gasteiger partial charge on any atom is 0.254 e. The number of halogens is 5. The first-order valence-corrected chi connectivity index (χ1v) is 11.6. The lowest BCUT2D eigenvalue weighted by Crippen LogP contribution is -2.37. The van der Waals surface area contributed by atoms with Crippen molar-refractivity contribution in [3.8, 4) is 0 Å². The summed E-state index contributed by atoms with van der Waals surface area (Å²) in [6.07, 6.45) is 0.958. The number of nitrogens with zero attached hydrogens (tertiary/aromatic N) is 2. The summed E-state index contributed by atoms with van der Waals surface area (Å²) >= 11 is -1.28. The first kappa shape index (κ1) is 22.8. The molecule has 1 atom stereocenters. The van der Waals surface area contributed by atoms with Gasteiger partial charge in [-0.2, -0.15) is 9.11 Å². The molecule has 5 nitrogen and oxygen atoms in total. The summed E-state index contributed by atoms with van der Waals surface area (Å²) in [6.45, 7) is 1.27. The second-order valence-corrected chi connectivity index (χ2v) is 8.95. The second-order valence-electron chi connectivity index (χ2n) is 7.08. The molecular formula is C20H17F5N4OS2. The van der Waals surface area contributed by atoms with Crippen LogP contribution >= 0.6 is 11.3 Å². The average Bonchev–Trinajstić information content (AvgIpc) is 3.22. The third-order valence-electron chi connectivity index (χ3n) is 5.03. The van der Waals surface area contributed by atoms with Crippen LogP contribution in [-0.4, -0.2) is 27.5 Å². The molecule has 0 saturated carbocycles. The minimum absolute atomic E-state index is 0.0602. The van der Waals surface area contributed by atoms with Gasteiger partial charge in [-0.25, -0.2) is 22.5 Å². The Balaban J connectivity index is 1.56. The molecule has 1 fully saturated rings. The highest BCUT2D eigenvalue weighted by molar-refractivity contribution is 7.92. The Labute approximate surface area is 187 Å². The van der Waals surface area contributed by atoms with Crippen LogP contribution in [0, 0.1) is 29.1 Å². The molecule has 1 saturated heterocycles. The summed E-state index contributed by atoms with van der Waals surface area (Å²) < 4.78 is 86.9. The first-order valence-electron chi connectivity index (χ1n) is 9.51. The fourth-order valence-electron chi connectivity index (χ4n) is 3.23. The van der Waals surface area contributed by atoms with Crippen molar-refractivity contribution in [1.82, 2.24) is 9.88 Å². The maximum atomic E-state index is 14.6. The van der Waals surface area contributed by atoms with Crippen LogP contribution in [0.4, 0.5) is 33.5 Å². The predicted octanol–water partition coefficient (Wildman–Crippen LogP) is 4.79. The van der Waals surface area contributed by atoms with Gasteiger partial charge >= 0.3 is 0 Å². The summed E-state index contributed by atoms with van der Waals surface area (Å²) in [5.74, 6) is -5.64. The molecule has 170 valence electrons. The van der Waals surface area contributed by atoms with E-state index in [1.807, 2.05) is 4.90 Å². The average molecular weight is 489 g/mol. The minimum Gasteiger partial charge on any atom is -0.588 e. The molecule has 2 aromatic carbocycles. The molecule has 2 N–H and O–H groups in total. The van der Waals surface area contributed by atoms with Gasteiger partial charge < -0.3 is 9.87 Å². The van der Waals surface area contributed by atoms with Crippen LogP contribution in [0.2, 0.25) is 0 Å². The van der Waals surface area contributed by atoms with E-state index in [0.717, 1.165) is 31.6 Å². The second kappa shape index (κ2) is 9.61. The highest BCUT2D eigenvalue weighted by atomic mass is 32.2. The van der Waals surface area contributed by atoms with Gasteiger partial charge in [0.15, 0.2) is 17.5 Å². The van der Waals surface area contributed by atoms with Crippen molar-refractivity contribution in [2.24, 2.45) is 0 Å². The maximum absolute atomic E-state index is 14.6. The Bertz CT molecular complexity index is 1110. The molecule has 1 unspecified atom stereocenters. The van der Waals surface area contributed by atoms with E-state index in [1.54, 1.807) is 0 Å². The number of benzene rings is 2. The monoisotopic (exact) mass is 488 g/mol. The normalized spacial score (nSPS) is 14.8. The Morgan fingerprint density at radius 3 is 2.38 bits per heavy atom. The Morgan fingerprint density at radius 2 is 1.75 bits per heavy atom. The van der Waals surface area contributed by atoms with Crippen molar-refractivity contribution in [2.45, 2.75) is 24.4 Å². The summed E-state index contributed by atoms with van der Waals surface area (Å²) in [5, 5.41) is 3.89. The van der Waals surface area contributed by atoms with Crippen molar-refractivity contribution in [3.05, 3.63) is 69.3 Å². The van der Waals surface area contributed by atoms with Gasteiger partial charge in [-0.3, -0.25) is 4.90 Å². The van der Waals surface area contributed by atoms with Crippen LogP contribution in [-0.2, 0) is 24.5 Å². The summed E-state index contributed by atoms with van der Waals surface area (Å²) in [7, 11) is 0. The first-order chi connectivity index (χ1) is 15.3. The van der Waals surface area contributed by atoms with Crippen LogP contribution in [0.15, 0.2) is 34.0 Å². The fourth-order valence-corrected chi connectivity index (χ4v) is 4.68. The van der Waals surface area contributed by atoms with Crippen LogP contribution in [0.1, 0.15) is 17.5 Å². The number of hydrogen-bond acceptors (Lipinski definition) is 6. The smallest absolute Gasteiger partial charge is 0.254 e. The molecule has 12 heteroatoms. The largest absolute Gasteiger partial charge is 0.588 e. The van der Waals surface area contributed by atoms with Crippen molar-refractivity contribution in [3.63, 3.8) is 0 Å². The van der Waals surface area contributed by atoms with E-state index in [9.17, 15) is 26.5 Å². The van der Waals surface area contributed by atoms with Gasteiger partial charge in [0.25, 0.3) is 4.90 Å². The van der Waals surface area contributed by atoms with Crippen molar-refractivity contribution in [2.75, 3.05) is 23.1 Å². The van der Waals surface area contributed by atoms with Crippen LogP contribution in [0.3, 0.4) is 0 Å². The van der Waals surface area contributed by atoms with Crippen molar-refractivity contribution in [1.29, 1.82) is 0 Å². The number of rotatable bonds is 8. The molecule has 32 heavy (non-hydrogen) atoms. The molecule has 0 amide bonds. The molecule has 0 spiro atoms.